The van der Waals surface area contributed by atoms with E-state index in [4.69, 9.17) is 19.6 Å². The highest BCUT2D eigenvalue weighted by molar-refractivity contribution is 5.96. The van der Waals surface area contributed by atoms with Crippen molar-refractivity contribution >= 4 is 28.2 Å². The Labute approximate surface area is 260 Å². The van der Waals surface area contributed by atoms with E-state index in [1.165, 1.54) is 13.2 Å². The number of halogens is 1. The van der Waals surface area contributed by atoms with Crippen molar-refractivity contribution < 1.29 is 23.4 Å². The standard InChI is InChI=1S/C36H31FN4O4/c1-41-32-21-27(38-31-17-13-26(19-30(31)37)20-34(42)43-2)14-15-28(32)35(40-41)29-16-18-33(44-22-24-9-5-3-6-10-24)39-36(29)45-23-25-11-7-4-8-12-25/h3-19,21,38H,20,22-23H2,1-2H3. The van der Waals surface area contributed by atoms with Crippen LogP contribution in [-0.4, -0.2) is 27.8 Å². The number of benzene rings is 4. The van der Waals surface area contributed by atoms with Gasteiger partial charge in [-0.15, -0.1) is 0 Å². The first-order valence-corrected chi connectivity index (χ1v) is 14.4. The van der Waals surface area contributed by atoms with Crippen LogP contribution in [0.5, 0.6) is 11.8 Å². The van der Waals surface area contributed by atoms with E-state index in [9.17, 15) is 9.18 Å². The van der Waals surface area contributed by atoms with Crippen molar-refractivity contribution in [3.05, 3.63) is 132 Å². The third-order valence-electron chi connectivity index (χ3n) is 7.28. The fourth-order valence-electron chi connectivity index (χ4n) is 4.95. The first-order valence-electron chi connectivity index (χ1n) is 14.4. The fraction of sp³-hybridized carbons (Fsp3) is 0.139. The Bertz CT molecular complexity index is 1940. The molecular formula is C36H31FN4O4. The molecule has 1 N–H and O–H groups in total. The predicted molar refractivity (Wildman–Crippen MR) is 171 cm³/mol. The summed E-state index contributed by atoms with van der Waals surface area (Å²) in [6, 6.07) is 33.8. The van der Waals surface area contributed by atoms with E-state index in [1.54, 1.807) is 16.8 Å². The summed E-state index contributed by atoms with van der Waals surface area (Å²) in [6.07, 6.45) is 0.00347. The Kier molecular flexibility index (Phi) is 8.68. The minimum absolute atomic E-state index is 0.00347. The van der Waals surface area contributed by atoms with Crippen molar-refractivity contribution in [3.63, 3.8) is 0 Å². The first kappa shape index (κ1) is 29.4. The number of aromatic nitrogens is 3. The van der Waals surface area contributed by atoms with Gasteiger partial charge in [0.05, 0.1) is 30.3 Å². The van der Waals surface area contributed by atoms with Crippen LogP contribution < -0.4 is 14.8 Å². The van der Waals surface area contributed by atoms with Crippen molar-refractivity contribution in [1.82, 2.24) is 14.8 Å². The third kappa shape index (κ3) is 6.94. The molecule has 0 fully saturated rings. The number of esters is 1. The third-order valence-corrected chi connectivity index (χ3v) is 7.28. The number of hydrogen-bond donors (Lipinski definition) is 1. The van der Waals surface area contributed by atoms with Gasteiger partial charge in [-0.3, -0.25) is 9.48 Å². The van der Waals surface area contributed by atoms with Crippen molar-refractivity contribution in [2.45, 2.75) is 19.6 Å². The Morgan fingerprint density at radius 1 is 0.822 bits per heavy atom. The highest BCUT2D eigenvalue weighted by atomic mass is 19.1. The summed E-state index contributed by atoms with van der Waals surface area (Å²) >= 11 is 0. The lowest BCUT2D eigenvalue weighted by Gasteiger charge is -2.13. The maximum atomic E-state index is 14.9. The van der Waals surface area contributed by atoms with Gasteiger partial charge in [0.2, 0.25) is 11.8 Å². The largest absolute Gasteiger partial charge is 0.473 e. The lowest BCUT2D eigenvalue weighted by Crippen LogP contribution is -2.05. The van der Waals surface area contributed by atoms with Crippen molar-refractivity contribution in [2.24, 2.45) is 7.05 Å². The summed E-state index contributed by atoms with van der Waals surface area (Å²) in [7, 11) is 3.16. The highest BCUT2D eigenvalue weighted by Crippen LogP contribution is 2.36. The second-order valence-corrected chi connectivity index (χ2v) is 10.4. The number of anilines is 2. The minimum Gasteiger partial charge on any atom is -0.473 e. The number of carbonyl (C=O) groups excluding carboxylic acids is 1. The van der Waals surface area contributed by atoms with Gasteiger partial charge < -0.3 is 19.5 Å². The number of fused-ring (bicyclic) bond motifs is 1. The van der Waals surface area contributed by atoms with E-state index < -0.39 is 11.8 Å². The molecule has 0 spiro atoms. The summed E-state index contributed by atoms with van der Waals surface area (Å²) in [5.74, 6) is -0.0495. The molecule has 0 saturated carbocycles. The Morgan fingerprint density at radius 3 is 2.22 bits per heavy atom. The SMILES string of the molecule is COC(=O)Cc1ccc(Nc2ccc3c(-c4ccc(OCc5ccccc5)nc4OCc4ccccc4)nn(C)c3c2)c(F)c1. The van der Waals surface area contributed by atoms with Crippen LogP contribution in [0.3, 0.4) is 0 Å². The summed E-state index contributed by atoms with van der Waals surface area (Å²) < 4.78 is 33.6. The van der Waals surface area contributed by atoms with Gasteiger partial charge in [0.25, 0.3) is 0 Å². The molecule has 9 heteroatoms. The van der Waals surface area contributed by atoms with Gasteiger partial charge in [-0.25, -0.2) is 4.39 Å². The van der Waals surface area contributed by atoms with Gasteiger partial charge in [0.1, 0.15) is 24.7 Å². The number of nitrogens with one attached hydrogen (secondary N) is 1. The maximum Gasteiger partial charge on any atom is 0.309 e. The zero-order chi connectivity index (χ0) is 31.2. The average molecular weight is 603 g/mol. The summed E-state index contributed by atoms with van der Waals surface area (Å²) in [5.41, 5.74) is 5.79. The number of hydrogen-bond acceptors (Lipinski definition) is 7. The highest BCUT2D eigenvalue weighted by Gasteiger charge is 2.19. The molecule has 2 aromatic heterocycles. The number of aryl methyl sites for hydroxylation is 1. The van der Waals surface area contributed by atoms with Crippen LogP contribution in [0.1, 0.15) is 16.7 Å². The molecule has 4 aromatic carbocycles. The van der Waals surface area contributed by atoms with Crippen LogP contribution in [-0.2, 0) is 36.2 Å². The van der Waals surface area contributed by atoms with Crippen molar-refractivity contribution in [1.29, 1.82) is 0 Å². The lowest BCUT2D eigenvalue weighted by molar-refractivity contribution is -0.139. The van der Waals surface area contributed by atoms with E-state index in [0.29, 0.717) is 41.9 Å². The predicted octanol–water partition coefficient (Wildman–Crippen LogP) is 7.39. The molecule has 6 rings (SSSR count). The van der Waals surface area contributed by atoms with Gasteiger partial charge in [-0.05, 0) is 53.1 Å². The van der Waals surface area contributed by atoms with E-state index in [2.05, 4.69) is 10.1 Å². The van der Waals surface area contributed by atoms with Gasteiger partial charge in [0.15, 0.2) is 0 Å². The molecule has 0 saturated heterocycles. The molecule has 6 aromatic rings. The molecular weight excluding hydrogens is 571 g/mol. The zero-order valence-electron chi connectivity index (χ0n) is 24.9. The zero-order valence-corrected chi connectivity index (χ0v) is 24.9. The summed E-state index contributed by atoms with van der Waals surface area (Å²) in [6.45, 7) is 0.702. The number of carbonyl (C=O) groups is 1. The van der Waals surface area contributed by atoms with E-state index in [-0.39, 0.29) is 12.1 Å². The Hall–Kier alpha value is -5.70. The van der Waals surface area contributed by atoms with Crippen molar-refractivity contribution in [3.8, 4) is 23.0 Å². The smallest absolute Gasteiger partial charge is 0.309 e. The Morgan fingerprint density at radius 2 is 1.53 bits per heavy atom. The fourth-order valence-corrected chi connectivity index (χ4v) is 4.95. The number of nitrogens with zero attached hydrogens (tertiary/aromatic N) is 3. The quantitative estimate of drug-likeness (QED) is 0.155. The van der Waals surface area contributed by atoms with Gasteiger partial charge >= 0.3 is 5.97 Å². The van der Waals surface area contributed by atoms with Gasteiger partial charge in [-0.2, -0.15) is 10.1 Å². The Balaban J connectivity index is 1.29. The molecule has 2 heterocycles. The molecule has 45 heavy (non-hydrogen) atoms. The van der Waals surface area contributed by atoms with Crippen LogP contribution in [0.4, 0.5) is 15.8 Å². The molecule has 226 valence electrons. The maximum absolute atomic E-state index is 14.9. The number of methoxy groups -OCH3 is 1. The second-order valence-electron chi connectivity index (χ2n) is 10.4. The normalized spacial score (nSPS) is 10.9. The van der Waals surface area contributed by atoms with Gasteiger partial charge in [0, 0.05) is 24.2 Å². The molecule has 0 bridgehead atoms. The molecule has 0 radical (unpaired) electrons. The molecule has 0 aliphatic heterocycles. The number of rotatable bonds is 11. The molecule has 0 unspecified atom stereocenters. The minimum atomic E-state index is -0.469. The molecule has 0 atom stereocenters. The summed E-state index contributed by atoms with van der Waals surface area (Å²) in [4.78, 5) is 16.3. The average Bonchev–Trinajstić information content (AvgIpc) is 3.40. The van der Waals surface area contributed by atoms with Crippen molar-refractivity contribution in [2.75, 3.05) is 12.4 Å². The monoisotopic (exact) mass is 602 g/mol. The molecule has 0 aliphatic rings. The van der Waals surface area contributed by atoms with E-state index in [1.807, 2.05) is 98.0 Å². The number of pyridine rings is 1. The van der Waals surface area contributed by atoms with Crippen LogP contribution in [0.15, 0.2) is 109 Å². The van der Waals surface area contributed by atoms with E-state index >= 15 is 0 Å². The van der Waals surface area contributed by atoms with Crippen LogP contribution in [0, 0.1) is 5.82 Å². The van der Waals surface area contributed by atoms with Crippen LogP contribution in [0.2, 0.25) is 0 Å². The van der Waals surface area contributed by atoms with Crippen LogP contribution >= 0.6 is 0 Å². The first-order chi connectivity index (χ1) is 22.0. The van der Waals surface area contributed by atoms with E-state index in [0.717, 1.165) is 27.6 Å². The molecule has 0 amide bonds. The lowest BCUT2D eigenvalue weighted by atomic mass is 10.1. The summed E-state index contributed by atoms with van der Waals surface area (Å²) in [5, 5.41) is 8.83. The van der Waals surface area contributed by atoms with Gasteiger partial charge in [-0.1, -0.05) is 66.7 Å². The molecule has 0 aliphatic carbocycles. The van der Waals surface area contributed by atoms with Crippen LogP contribution in [0.25, 0.3) is 22.2 Å². The molecule has 8 nitrogen and oxygen atoms in total. The topological polar surface area (TPSA) is 87.5 Å². The number of ether oxygens (including phenoxy) is 3. The second kappa shape index (κ2) is 13.3.